The maximum absolute atomic E-state index is 12.6. The molecule has 0 unspecified atom stereocenters. The molecule has 2 aromatic carbocycles. The normalized spacial score (nSPS) is 13.8. The van der Waals surface area contributed by atoms with Crippen LogP contribution in [0.25, 0.3) is 0 Å². The number of piperazine rings is 1. The fourth-order valence-corrected chi connectivity index (χ4v) is 2.93. The minimum Gasteiger partial charge on any atom is -0.497 e. The highest BCUT2D eigenvalue weighted by molar-refractivity contribution is 5.96. The number of nitriles is 1. The summed E-state index contributed by atoms with van der Waals surface area (Å²) in [5.74, 6) is 0.543. The van der Waals surface area contributed by atoms with E-state index in [1.165, 1.54) is 0 Å². The molecule has 1 saturated heterocycles. The van der Waals surface area contributed by atoms with Gasteiger partial charge in [-0.25, -0.2) is 0 Å². The molecule has 26 heavy (non-hydrogen) atoms. The largest absolute Gasteiger partial charge is 0.497 e. The van der Waals surface area contributed by atoms with Gasteiger partial charge in [-0.05, 0) is 42.5 Å². The van der Waals surface area contributed by atoms with E-state index in [1.54, 1.807) is 65.4 Å². The van der Waals surface area contributed by atoms with Crippen LogP contribution in [0.2, 0.25) is 0 Å². The molecule has 132 valence electrons. The van der Waals surface area contributed by atoms with Crippen molar-refractivity contribution in [2.45, 2.75) is 0 Å². The van der Waals surface area contributed by atoms with Crippen molar-refractivity contribution in [1.29, 1.82) is 5.26 Å². The molecular weight excluding hydrogens is 330 g/mol. The van der Waals surface area contributed by atoms with Gasteiger partial charge in [0.2, 0.25) is 0 Å². The first-order valence-corrected chi connectivity index (χ1v) is 8.35. The number of methoxy groups -OCH3 is 1. The van der Waals surface area contributed by atoms with Crippen LogP contribution < -0.4 is 4.74 Å². The lowest BCUT2D eigenvalue weighted by Crippen LogP contribution is -2.50. The molecule has 1 aliphatic rings. The van der Waals surface area contributed by atoms with Gasteiger partial charge in [0.25, 0.3) is 11.8 Å². The minimum atomic E-state index is -0.112. The summed E-state index contributed by atoms with van der Waals surface area (Å²) in [7, 11) is 1.58. The quantitative estimate of drug-likeness (QED) is 0.851. The van der Waals surface area contributed by atoms with Crippen molar-refractivity contribution in [3.8, 4) is 11.8 Å². The van der Waals surface area contributed by atoms with Crippen LogP contribution in [0, 0.1) is 11.3 Å². The molecule has 0 atom stereocenters. The van der Waals surface area contributed by atoms with Crippen molar-refractivity contribution in [1.82, 2.24) is 9.80 Å². The summed E-state index contributed by atoms with van der Waals surface area (Å²) in [4.78, 5) is 28.6. The van der Waals surface area contributed by atoms with Gasteiger partial charge in [0, 0.05) is 37.3 Å². The summed E-state index contributed by atoms with van der Waals surface area (Å²) in [6, 6.07) is 15.7. The summed E-state index contributed by atoms with van der Waals surface area (Å²) in [5.41, 5.74) is 1.57. The average molecular weight is 349 g/mol. The Morgan fingerprint density at radius 2 is 1.50 bits per heavy atom. The third-order valence-electron chi connectivity index (χ3n) is 4.43. The number of nitrogens with zero attached hydrogens (tertiary/aromatic N) is 3. The lowest BCUT2D eigenvalue weighted by molar-refractivity contribution is 0.0535. The van der Waals surface area contributed by atoms with Crippen LogP contribution in [0.5, 0.6) is 5.75 Å². The van der Waals surface area contributed by atoms with E-state index in [1.807, 2.05) is 6.07 Å². The molecule has 6 heteroatoms. The molecular formula is C20H19N3O3. The number of carbonyl (C=O) groups is 2. The molecule has 2 amide bonds. The molecule has 2 aromatic rings. The topological polar surface area (TPSA) is 73.6 Å². The van der Waals surface area contributed by atoms with Crippen LogP contribution in [0.3, 0.4) is 0 Å². The molecule has 6 nitrogen and oxygen atoms in total. The zero-order valence-electron chi connectivity index (χ0n) is 14.5. The van der Waals surface area contributed by atoms with Crippen molar-refractivity contribution in [3.63, 3.8) is 0 Å². The second kappa shape index (κ2) is 7.70. The first-order valence-electron chi connectivity index (χ1n) is 8.35. The summed E-state index contributed by atoms with van der Waals surface area (Å²) < 4.78 is 5.10. The maximum atomic E-state index is 12.6. The zero-order chi connectivity index (χ0) is 18.5. The van der Waals surface area contributed by atoms with Gasteiger partial charge >= 0.3 is 0 Å². The fraction of sp³-hybridized carbons (Fsp3) is 0.250. The molecule has 0 spiro atoms. The maximum Gasteiger partial charge on any atom is 0.254 e. The monoisotopic (exact) mass is 349 g/mol. The van der Waals surface area contributed by atoms with E-state index in [0.717, 1.165) is 0 Å². The molecule has 0 N–H and O–H groups in total. The predicted molar refractivity (Wildman–Crippen MR) is 96.0 cm³/mol. The standard InChI is InChI=1S/C20H19N3O3/c1-26-18-7-5-16(6-8-18)19(24)22-9-11-23(12-10-22)20(25)17-4-2-3-15(13-17)14-21/h2-8,13H,9-12H2,1H3. The predicted octanol–water partition coefficient (Wildman–Crippen LogP) is 2.17. The van der Waals surface area contributed by atoms with Crippen LogP contribution in [-0.2, 0) is 0 Å². The minimum absolute atomic E-state index is 0.0498. The van der Waals surface area contributed by atoms with E-state index in [0.29, 0.717) is 48.6 Å². The molecule has 3 rings (SSSR count). The van der Waals surface area contributed by atoms with E-state index in [9.17, 15) is 9.59 Å². The number of benzene rings is 2. The van der Waals surface area contributed by atoms with Gasteiger partial charge in [-0.15, -0.1) is 0 Å². The molecule has 0 bridgehead atoms. The number of amides is 2. The third kappa shape index (κ3) is 3.67. The highest BCUT2D eigenvalue weighted by Gasteiger charge is 2.25. The lowest BCUT2D eigenvalue weighted by atomic mass is 10.1. The first kappa shape index (κ1) is 17.5. The molecule has 1 aliphatic heterocycles. The second-order valence-electron chi connectivity index (χ2n) is 6.01. The smallest absolute Gasteiger partial charge is 0.254 e. The molecule has 1 fully saturated rings. The molecule has 0 saturated carbocycles. The second-order valence-corrected chi connectivity index (χ2v) is 6.01. The Morgan fingerprint density at radius 3 is 2.04 bits per heavy atom. The summed E-state index contributed by atoms with van der Waals surface area (Å²) in [6.07, 6.45) is 0. The van der Waals surface area contributed by atoms with Gasteiger partial charge in [-0.2, -0.15) is 5.26 Å². The van der Waals surface area contributed by atoms with Gasteiger partial charge < -0.3 is 14.5 Å². The lowest BCUT2D eigenvalue weighted by Gasteiger charge is -2.35. The third-order valence-corrected chi connectivity index (χ3v) is 4.43. The Morgan fingerprint density at radius 1 is 0.923 bits per heavy atom. The van der Waals surface area contributed by atoms with E-state index < -0.39 is 0 Å². The van der Waals surface area contributed by atoms with Crippen LogP contribution in [0.1, 0.15) is 26.3 Å². The van der Waals surface area contributed by atoms with Crippen molar-refractivity contribution < 1.29 is 14.3 Å². The zero-order valence-corrected chi connectivity index (χ0v) is 14.5. The van der Waals surface area contributed by atoms with E-state index in [-0.39, 0.29) is 11.8 Å². The van der Waals surface area contributed by atoms with Crippen molar-refractivity contribution in [3.05, 3.63) is 65.2 Å². The molecule has 0 aromatic heterocycles. The van der Waals surface area contributed by atoms with Gasteiger partial charge in [0.15, 0.2) is 0 Å². The number of hydrogen-bond donors (Lipinski definition) is 0. The summed E-state index contributed by atoms with van der Waals surface area (Å²) in [5, 5.41) is 8.96. The molecule has 1 heterocycles. The van der Waals surface area contributed by atoms with E-state index in [4.69, 9.17) is 10.00 Å². The van der Waals surface area contributed by atoms with Gasteiger partial charge in [0.05, 0.1) is 18.7 Å². The van der Waals surface area contributed by atoms with Crippen LogP contribution >= 0.6 is 0 Å². The summed E-state index contributed by atoms with van der Waals surface area (Å²) >= 11 is 0. The van der Waals surface area contributed by atoms with Gasteiger partial charge in [-0.3, -0.25) is 9.59 Å². The van der Waals surface area contributed by atoms with E-state index in [2.05, 4.69) is 0 Å². The van der Waals surface area contributed by atoms with Crippen LogP contribution in [0.4, 0.5) is 0 Å². The summed E-state index contributed by atoms with van der Waals surface area (Å²) in [6.45, 7) is 1.90. The van der Waals surface area contributed by atoms with Crippen molar-refractivity contribution in [2.24, 2.45) is 0 Å². The van der Waals surface area contributed by atoms with Gasteiger partial charge in [-0.1, -0.05) is 6.07 Å². The number of rotatable bonds is 3. The molecule has 0 aliphatic carbocycles. The average Bonchev–Trinajstić information content (AvgIpc) is 2.73. The van der Waals surface area contributed by atoms with Crippen LogP contribution in [0.15, 0.2) is 48.5 Å². The number of carbonyl (C=O) groups excluding carboxylic acids is 2. The Hall–Kier alpha value is -3.33. The van der Waals surface area contributed by atoms with Crippen molar-refractivity contribution in [2.75, 3.05) is 33.3 Å². The Bertz CT molecular complexity index is 847. The highest BCUT2D eigenvalue weighted by atomic mass is 16.5. The van der Waals surface area contributed by atoms with E-state index >= 15 is 0 Å². The fourth-order valence-electron chi connectivity index (χ4n) is 2.93. The van der Waals surface area contributed by atoms with Crippen LogP contribution in [-0.4, -0.2) is 54.9 Å². The van der Waals surface area contributed by atoms with Gasteiger partial charge in [0.1, 0.15) is 5.75 Å². The Balaban J connectivity index is 1.62. The Labute approximate surface area is 152 Å². The first-order chi connectivity index (χ1) is 12.6. The number of ether oxygens (including phenoxy) is 1. The number of hydrogen-bond acceptors (Lipinski definition) is 4. The SMILES string of the molecule is COc1ccc(C(=O)N2CCN(C(=O)c3cccc(C#N)c3)CC2)cc1. The Kier molecular flexibility index (Phi) is 5.18. The van der Waals surface area contributed by atoms with Crippen molar-refractivity contribution >= 4 is 11.8 Å². The highest BCUT2D eigenvalue weighted by Crippen LogP contribution is 2.15. The molecule has 0 radical (unpaired) electrons.